The molecule has 1 spiro atoms. The third-order valence-electron chi connectivity index (χ3n) is 5.86. The molecule has 138 valence electrons. The van der Waals surface area contributed by atoms with Crippen LogP contribution in [0.15, 0.2) is 4.99 Å². The molecular formula is C19H35N3O2. The normalized spacial score (nSPS) is 28.3. The number of hydrogen-bond acceptors (Lipinski definition) is 3. The minimum Gasteiger partial charge on any atom is -0.381 e. The van der Waals surface area contributed by atoms with Gasteiger partial charge in [0.15, 0.2) is 5.96 Å². The van der Waals surface area contributed by atoms with Crippen molar-refractivity contribution >= 4 is 5.96 Å². The largest absolute Gasteiger partial charge is 0.381 e. The molecule has 0 radical (unpaired) electrons. The molecule has 0 saturated heterocycles. The average molecular weight is 338 g/mol. The third kappa shape index (κ3) is 4.23. The van der Waals surface area contributed by atoms with Gasteiger partial charge in [0.05, 0.1) is 6.10 Å². The van der Waals surface area contributed by atoms with Gasteiger partial charge in [0, 0.05) is 44.4 Å². The van der Waals surface area contributed by atoms with Crippen molar-refractivity contribution in [2.45, 2.75) is 70.9 Å². The zero-order valence-corrected chi connectivity index (χ0v) is 15.5. The van der Waals surface area contributed by atoms with Gasteiger partial charge in [-0.1, -0.05) is 6.42 Å². The van der Waals surface area contributed by atoms with Crippen LogP contribution in [0.5, 0.6) is 0 Å². The van der Waals surface area contributed by atoms with Crippen molar-refractivity contribution < 1.29 is 9.47 Å². The van der Waals surface area contributed by atoms with Gasteiger partial charge in [0.1, 0.15) is 0 Å². The van der Waals surface area contributed by atoms with Crippen LogP contribution in [0.4, 0.5) is 0 Å². The van der Waals surface area contributed by atoms with E-state index in [4.69, 9.17) is 14.5 Å². The molecule has 2 N–H and O–H groups in total. The minimum atomic E-state index is 0.375. The fourth-order valence-corrected chi connectivity index (χ4v) is 4.02. The highest BCUT2D eigenvalue weighted by Crippen LogP contribution is 2.57. The second-order valence-corrected chi connectivity index (χ2v) is 7.60. The van der Waals surface area contributed by atoms with E-state index in [2.05, 4.69) is 24.5 Å². The Kier molecular flexibility index (Phi) is 6.39. The van der Waals surface area contributed by atoms with E-state index in [9.17, 15) is 0 Å². The van der Waals surface area contributed by atoms with Crippen molar-refractivity contribution in [3.05, 3.63) is 0 Å². The highest BCUT2D eigenvalue weighted by Gasteiger charge is 2.59. The maximum absolute atomic E-state index is 5.94. The summed E-state index contributed by atoms with van der Waals surface area (Å²) in [6.07, 6.45) is 9.22. The van der Waals surface area contributed by atoms with Gasteiger partial charge in [-0.15, -0.1) is 0 Å². The first-order valence-electron chi connectivity index (χ1n) is 10.0. The van der Waals surface area contributed by atoms with Crippen molar-refractivity contribution in [2.24, 2.45) is 16.3 Å². The summed E-state index contributed by atoms with van der Waals surface area (Å²) in [5.41, 5.74) is 0.375. The average Bonchev–Trinajstić information content (AvgIpc) is 3.32. The van der Waals surface area contributed by atoms with E-state index < -0.39 is 0 Å². The quantitative estimate of drug-likeness (QED) is 0.366. The topological polar surface area (TPSA) is 54.9 Å². The van der Waals surface area contributed by atoms with Gasteiger partial charge in [-0.05, 0) is 58.3 Å². The van der Waals surface area contributed by atoms with Crippen LogP contribution in [0.2, 0.25) is 0 Å². The van der Waals surface area contributed by atoms with Crippen LogP contribution in [0.3, 0.4) is 0 Å². The monoisotopic (exact) mass is 337 g/mol. The van der Waals surface area contributed by atoms with Crippen LogP contribution in [-0.2, 0) is 9.47 Å². The number of hydrogen-bond donors (Lipinski definition) is 2. The van der Waals surface area contributed by atoms with Gasteiger partial charge >= 0.3 is 0 Å². The van der Waals surface area contributed by atoms with E-state index >= 15 is 0 Å². The Morgan fingerprint density at radius 1 is 1.25 bits per heavy atom. The molecule has 3 rings (SSSR count). The molecule has 0 aromatic carbocycles. The lowest BCUT2D eigenvalue weighted by molar-refractivity contribution is -0.168. The Morgan fingerprint density at radius 2 is 2.08 bits per heavy atom. The maximum Gasteiger partial charge on any atom is 0.191 e. The van der Waals surface area contributed by atoms with E-state index in [0.717, 1.165) is 57.6 Å². The number of guanidine groups is 1. The summed E-state index contributed by atoms with van der Waals surface area (Å²) in [5.74, 6) is 1.81. The van der Waals surface area contributed by atoms with Gasteiger partial charge in [-0.3, -0.25) is 4.99 Å². The molecule has 0 aliphatic heterocycles. The summed E-state index contributed by atoms with van der Waals surface area (Å²) in [4.78, 5) is 4.74. The summed E-state index contributed by atoms with van der Waals surface area (Å²) in [5, 5.41) is 7.06. The van der Waals surface area contributed by atoms with Crippen molar-refractivity contribution in [1.82, 2.24) is 10.6 Å². The van der Waals surface area contributed by atoms with Gasteiger partial charge in [-0.2, -0.15) is 0 Å². The fraction of sp³-hybridized carbons (Fsp3) is 0.947. The molecule has 3 aliphatic rings. The highest BCUT2D eigenvalue weighted by atomic mass is 16.5. The molecule has 5 heteroatoms. The minimum absolute atomic E-state index is 0.375. The molecule has 24 heavy (non-hydrogen) atoms. The van der Waals surface area contributed by atoms with Crippen LogP contribution in [0, 0.1) is 11.3 Å². The van der Waals surface area contributed by atoms with Crippen LogP contribution in [0.1, 0.15) is 58.8 Å². The summed E-state index contributed by atoms with van der Waals surface area (Å²) >= 11 is 0. The van der Waals surface area contributed by atoms with Crippen molar-refractivity contribution in [1.29, 1.82) is 0 Å². The fourth-order valence-electron chi connectivity index (χ4n) is 4.02. The van der Waals surface area contributed by atoms with Crippen LogP contribution >= 0.6 is 0 Å². The first-order chi connectivity index (χ1) is 11.8. The van der Waals surface area contributed by atoms with E-state index in [1.165, 1.54) is 32.1 Å². The number of ether oxygens (including phenoxy) is 2. The zero-order chi connectivity index (χ0) is 16.8. The van der Waals surface area contributed by atoms with E-state index in [1.807, 2.05) is 0 Å². The predicted octanol–water partition coefficient (Wildman–Crippen LogP) is 2.71. The zero-order valence-electron chi connectivity index (χ0n) is 15.5. The lowest BCUT2D eigenvalue weighted by Gasteiger charge is -2.61. The molecule has 0 bridgehead atoms. The van der Waals surface area contributed by atoms with E-state index in [0.29, 0.717) is 17.6 Å². The molecule has 3 aliphatic carbocycles. The lowest BCUT2D eigenvalue weighted by atomic mass is 9.51. The second-order valence-electron chi connectivity index (χ2n) is 7.60. The van der Waals surface area contributed by atoms with Crippen LogP contribution in [-0.4, -0.2) is 51.0 Å². The molecule has 0 aromatic rings. The number of aliphatic imine (C=N–C) groups is 1. The van der Waals surface area contributed by atoms with Gasteiger partial charge in [-0.25, -0.2) is 0 Å². The number of nitrogens with zero attached hydrogens (tertiary/aromatic N) is 1. The van der Waals surface area contributed by atoms with E-state index in [1.54, 1.807) is 0 Å². The number of rotatable bonds is 10. The van der Waals surface area contributed by atoms with Crippen molar-refractivity contribution in [3.63, 3.8) is 0 Å². The van der Waals surface area contributed by atoms with Crippen molar-refractivity contribution in [3.8, 4) is 0 Å². The highest BCUT2D eigenvalue weighted by molar-refractivity contribution is 5.80. The summed E-state index contributed by atoms with van der Waals surface area (Å²) in [6.45, 7) is 8.56. The molecule has 2 atom stereocenters. The van der Waals surface area contributed by atoms with Crippen LogP contribution < -0.4 is 10.6 Å². The predicted molar refractivity (Wildman–Crippen MR) is 97.4 cm³/mol. The molecule has 0 heterocycles. The van der Waals surface area contributed by atoms with Gasteiger partial charge in [0.2, 0.25) is 0 Å². The summed E-state index contributed by atoms with van der Waals surface area (Å²) in [7, 11) is 0. The standard InChI is InChI=1S/C19H35N3O2/c1-3-20-18(21-11-6-12-23-14-15-7-8-15)22-16-13-17(24-4-2)19(16)9-5-10-19/h15-17H,3-14H2,1-2H3,(H2,20,21,22). The molecule has 3 saturated carbocycles. The van der Waals surface area contributed by atoms with Crippen LogP contribution in [0.25, 0.3) is 0 Å². The molecule has 3 fully saturated rings. The number of nitrogens with one attached hydrogen (secondary N) is 2. The summed E-state index contributed by atoms with van der Waals surface area (Å²) in [6, 6.07) is 0.520. The Labute approximate surface area is 147 Å². The first kappa shape index (κ1) is 18.0. The van der Waals surface area contributed by atoms with Gasteiger partial charge in [0.25, 0.3) is 0 Å². The van der Waals surface area contributed by atoms with Gasteiger partial charge < -0.3 is 20.1 Å². The van der Waals surface area contributed by atoms with E-state index in [-0.39, 0.29) is 0 Å². The second kappa shape index (κ2) is 8.52. The third-order valence-corrected chi connectivity index (χ3v) is 5.86. The smallest absolute Gasteiger partial charge is 0.191 e. The van der Waals surface area contributed by atoms with Crippen molar-refractivity contribution in [2.75, 3.05) is 32.9 Å². The summed E-state index contributed by atoms with van der Waals surface area (Å²) < 4.78 is 11.6. The Balaban J connectivity index is 1.40. The molecule has 5 nitrogen and oxygen atoms in total. The molecule has 0 amide bonds. The Morgan fingerprint density at radius 3 is 2.71 bits per heavy atom. The molecular weight excluding hydrogens is 302 g/mol. The Bertz CT molecular complexity index is 419. The molecule has 2 unspecified atom stereocenters. The maximum atomic E-state index is 5.94. The SMILES string of the molecule is CCNC(=NCCCOCC1CC1)NC1CC(OCC)C12CCC2. The lowest BCUT2D eigenvalue weighted by Crippen LogP contribution is -2.68. The molecule has 0 aromatic heterocycles. The first-order valence-corrected chi connectivity index (χ1v) is 10.0. The Hall–Kier alpha value is -0.810.